The highest BCUT2D eigenvalue weighted by Gasteiger charge is 2.09. The van der Waals surface area contributed by atoms with Crippen LogP contribution < -0.4 is 15.8 Å². The zero-order valence-electron chi connectivity index (χ0n) is 15.0. The van der Waals surface area contributed by atoms with Gasteiger partial charge in [0.25, 0.3) is 0 Å². The summed E-state index contributed by atoms with van der Waals surface area (Å²) in [7, 11) is 1.94. The van der Waals surface area contributed by atoms with Crippen LogP contribution in [0.2, 0.25) is 10.0 Å². The van der Waals surface area contributed by atoms with Crippen LogP contribution in [0.15, 0.2) is 54.7 Å². The smallest absolute Gasteiger partial charge is 0.219 e. The number of aryl methyl sites for hydroxylation is 1. The van der Waals surface area contributed by atoms with Gasteiger partial charge in [-0.15, -0.1) is 0 Å². The van der Waals surface area contributed by atoms with Crippen molar-refractivity contribution in [2.75, 3.05) is 11.1 Å². The molecule has 8 heteroatoms. The number of pyridine rings is 1. The van der Waals surface area contributed by atoms with Gasteiger partial charge >= 0.3 is 0 Å². The van der Waals surface area contributed by atoms with Crippen molar-refractivity contribution >= 4 is 45.9 Å². The number of halogens is 2. The van der Waals surface area contributed by atoms with E-state index < -0.39 is 0 Å². The van der Waals surface area contributed by atoms with Gasteiger partial charge in [-0.2, -0.15) is 0 Å². The van der Waals surface area contributed by atoms with Crippen LogP contribution >= 0.6 is 23.2 Å². The van der Waals surface area contributed by atoms with Crippen LogP contribution in [0.25, 0.3) is 11.0 Å². The highest BCUT2D eigenvalue weighted by Crippen LogP contribution is 2.27. The van der Waals surface area contributed by atoms with Gasteiger partial charge in [0.05, 0.1) is 16.1 Å². The molecule has 4 aromatic rings. The van der Waals surface area contributed by atoms with Crippen molar-refractivity contribution in [2.24, 2.45) is 7.05 Å². The van der Waals surface area contributed by atoms with Crippen molar-refractivity contribution in [1.82, 2.24) is 14.5 Å². The minimum atomic E-state index is 0.449. The summed E-state index contributed by atoms with van der Waals surface area (Å²) in [6.45, 7) is 0.519. The summed E-state index contributed by atoms with van der Waals surface area (Å²) in [5.41, 5.74) is 9.33. The van der Waals surface area contributed by atoms with E-state index in [1.54, 1.807) is 18.2 Å². The fourth-order valence-corrected chi connectivity index (χ4v) is 3.17. The fraction of sp³-hybridized carbons (Fsp3) is 0.100. The Morgan fingerprint density at radius 1 is 1.11 bits per heavy atom. The SMILES string of the molecule is Cn1c(NCc2ccc(Oc3ccc(Cl)cn3)cc2Cl)nc2ccc(N)cc21. The molecule has 28 heavy (non-hydrogen) atoms. The number of nitrogens with two attached hydrogens (primary N) is 1. The number of fused-ring (bicyclic) bond motifs is 1. The molecule has 0 spiro atoms. The molecule has 2 aromatic heterocycles. The molecule has 0 unspecified atom stereocenters. The lowest BCUT2D eigenvalue weighted by Gasteiger charge is -2.10. The molecular formula is C20H17Cl2N5O. The number of ether oxygens (including phenoxy) is 1. The van der Waals surface area contributed by atoms with Gasteiger partial charge in [0, 0.05) is 36.6 Å². The number of nitrogens with one attached hydrogen (secondary N) is 1. The summed E-state index contributed by atoms with van der Waals surface area (Å²) in [4.78, 5) is 8.70. The van der Waals surface area contributed by atoms with Gasteiger partial charge in [0.15, 0.2) is 0 Å². The van der Waals surface area contributed by atoms with Gasteiger partial charge in [-0.25, -0.2) is 9.97 Å². The van der Waals surface area contributed by atoms with E-state index in [1.807, 2.05) is 41.9 Å². The van der Waals surface area contributed by atoms with E-state index in [2.05, 4.69) is 15.3 Å². The molecule has 4 rings (SSSR count). The summed E-state index contributed by atoms with van der Waals surface area (Å²) in [6.07, 6.45) is 1.53. The van der Waals surface area contributed by atoms with Gasteiger partial charge in [-0.1, -0.05) is 29.3 Å². The first-order valence-corrected chi connectivity index (χ1v) is 9.29. The summed E-state index contributed by atoms with van der Waals surface area (Å²) in [5, 5.41) is 4.45. The maximum absolute atomic E-state index is 6.42. The third kappa shape index (κ3) is 3.83. The molecule has 0 fully saturated rings. The Labute approximate surface area is 171 Å². The maximum Gasteiger partial charge on any atom is 0.219 e. The van der Waals surface area contributed by atoms with Crippen molar-refractivity contribution in [2.45, 2.75) is 6.54 Å². The van der Waals surface area contributed by atoms with Gasteiger partial charge in [0.2, 0.25) is 11.8 Å². The first kappa shape index (κ1) is 18.4. The molecule has 0 bridgehead atoms. The Bertz CT molecular complexity index is 1140. The lowest BCUT2D eigenvalue weighted by molar-refractivity contribution is 0.463. The third-order valence-corrected chi connectivity index (χ3v) is 4.86. The van der Waals surface area contributed by atoms with E-state index in [9.17, 15) is 0 Å². The molecule has 0 saturated heterocycles. The van der Waals surface area contributed by atoms with E-state index in [0.717, 1.165) is 22.5 Å². The first-order chi connectivity index (χ1) is 13.5. The molecule has 0 radical (unpaired) electrons. The molecule has 0 aliphatic heterocycles. The Balaban J connectivity index is 1.48. The Morgan fingerprint density at radius 3 is 2.71 bits per heavy atom. The third-order valence-electron chi connectivity index (χ3n) is 4.29. The average molecular weight is 414 g/mol. The second-order valence-corrected chi connectivity index (χ2v) is 7.11. The molecule has 2 aromatic carbocycles. The second-order valence-electron chi connectivity index (χ2n) is 6.27. The molecule has 6 nitrogen and oxygen atoms in total. The quantitative estimate of drug-likeness (QED) is 0.436. The van der Waals surface area contributed by atoms with E-state index >= 15 is 0 Å². The first-order valence-electron chi connectivity index (χ1n) is 8.53. The molecule has 0 aliphatic rings. The largest absolute Gasteiger partial charge is 0.439 e. The standard InChI is InChI=1S/C20H17Cl2N5O/c1-27-18-8-14(23)4-6-17(18)26-20(27)25-10-12-2-5-15(9-16(12)22)28-19-7-3-13(21)11-24-19/h2-9,11H,10,23H2,1H3,(H,25,26). The van der Waals surface area contributed by atoms with Crippen molar-refractivity contribution in [1.29, 1.82) is 0 Å². The molecule has 0 aliphatic carbocycles. The van der Waals surface area contributed by atoms with E-state index in [4.69, 9.17) is 33.7 Å². The zero-order valence-corrected chi connectivity index (χ0v) is 16.5. The number of aromatic nitrogens is 3. The zero-order chi connectivity index (χ0) is 19.7. The predicted octanol–water partition coefficient (Wildman–Crippen LogP) is 5.26. The number of anilines is 2. The number of benzene rings is 2. The molecule has 3 N–H and O–H groups in total. The molecule has 142 valence electrons. The predicted molar refractivity (Wildman–Crippen MR) is 113 cm³/mol. The average Bonchev–Trinajstić information content (AvgIpc) is 2.98. The van der Waals surface area contributed by atoms with Crippen molar-refractivity contribution in [3.63, 3.8) is 0 Å². The van der Waals surface area contributed by atoms with E-state index in [1.165, 1.54) is 6.20 Å². The molecule has 0 atom stereocenters. The summed E-state index contributed by atoms with van der Waals surface area (Å²) >= 11 is 12.3. The van der Waals surface area contributed by atoms with Gasteiger partial charge in [-0.05, 0) is 42.0 Å². The van der Waals surface area contributed by atoms with Crippen LogP contribution in [0.1, 0.15) is 5.56 Å². The van der Waals surface area contributed by atoms with Crippen LogP contribution in [0, 0.1) is 0 Å². The van der Waals surface area contributed by atoms with Gasteiger partial charge in [-0.3, -0.25) is 0 Å². The van der Waals surface area contributed by atoms with Crippen LogP contribution in [0.3, 0.4) is 0 Å². The highest BCUT2D eigenvalue weighted by atomic mass is 35.5. The Hall–Kier alpha value is -2.96. The number of imidazole rings is 1. The van der Waals surface area contributed by atoms with Crippen LogP contribution in [0.4, 0.5) is 11.6 Å². The molecular weight excluding hydrogens is 397 g/mol. The number of hydrogen-bond donors (Lipinski definition) is 2. The topological polar surface area (TPSA) is 78.0 Å². The van der Waals surface area contributed by atoms with Crippen LogP contribution in [0.5, 0.6) is 11.6 Å². The van der Waals surface area contributed by atoms with Crippen molar-refractivity contribution in [3.05, 3.63) is 70.3 Å². The van der Waals surface area contributed by atoms with Crippen molar-refractivity contribution in [3.8, 4) is 11.6 Å². The number of hydrogen-bond acceptors (Lipinski definition) is 5. The molecule has 0 saturated carbocycles. The summed E-state index contributed by atoms with van der Waals surface area (Å²) < 4.78 is 7.66. The minimum absolute atomic E-state index is 0.449. The minimum Gasteiger partial charge on any atom is -0.439 e. The molecule has 2 heterocycles. The van der Waals surface area contributed by atoms with E-state index in [0.29, 0.717) is 33.9 Å². The number of nitrogens with zero attached hydrogens (tertiary/aromatic N) is 3. The van der Waals surface area contributed by atoms with Crippen LogP contribution in [-0.4, -0.2) is 14.5 Å². The number of rotatable bonds is 5. The highest BCUT2D eigenvalue weighted by molar-refractivity contribution is 6.31. The van der Waals surface area contributed by atoms with Gasteiger partial charge < -0.3 is 20.4 Å². The lowest BCUT2D eigenvalue weighted by Crippen LogP contribution is -2.05. The van der Waals surface area contributed by atoms with Gasteiger partial charge in [0.1, 0.15) is 5.75 Å². The second kappa shape index (κ2) is 7.58. The fourth-order valence-electron chi connectivity index (χ4n) is 2.82. The monoisotopic (exact) mass is 413 g/mol. The summed E-state index contributed by atoms with van der Waals surface area (Å²) in [6, 6.07) is 14.6. The van der Waals surface area contributed by atoms with Crippen molar-refractivity contribution < 1.29 is 4.74 Å². The molecule has 0 amide bonds. The van der Waals surface area contributed by atoms with E-state index in [-0.39, 0.29) is 0 Å². The maximum atomic E-state index is 6.42. The lowest BCUT2D eigenvalue weighted by atomic mass is 10.2. The number of nitrogen functional groups attached to an aromatic ring is 1. The summed E-state index contributed by atoms with van der Waals surface area (Å²) in [5.74, 6) is 1.79. The van der Waals surface area contributed by atoms with Crippen LogP contribution in [-0.2, 0) is 13.6 Å². The Morgan fingerprint density at radius 2 is 1.96 bits per heavy atom. The normalized spacial score (nSPS) is 11.0. The Kier molecular flexibility index (Phi) is 4.98.